The third kappa shape index (κ3) is 3.65. The molecule has 196 valence electrons. The number of hydrogen-bond acceptors (Lipinski definition) is 5. The van der Waals surface area contributed by atoms with Crippen molar-refractivity contribution in [2.45, 2.75) is 29.0 Å². The molecule has 0 radical (unpaired) electrons. The number of rotatable bonds is 4. The first kappa shape index (κ1) is 25.2. The molecule has 0 bridgehead atoms. The Hall–Kier alpha value is -3.07. The summed E-state index contributed by atoms with van der Waals surface area (Å²) >= 11 is 8.01. The second-order valence-electron chi connectivity index (χ2n) is 10.1. The summed E-state index contributed by atoms with van der Waals surface area (Å²) in [7, 11) is 0. The third-order valence-electron chi connectivity index (χ3n) is 8.05. The largest absolute Gasteiger partial charge is 0.394 e. The summed E-state index contributed by atoms with van der Waals surface area (Å²) in [6, 6.07) is 15.1. The van der Waals surface area contributed by atoms with E-state index in [1.54, 1.807) is 34.9 Å². The van der Waals surface area contributed by atoms with Gasteiger partial charge in [-0.15, -0.1) is 11.8 Å². The Morgan fingerprint density at radius 1 is 0.974 bits per heavy atom. The van der Waals surface area contributed by atoms with E-state index in [0.29, 0.717) is 23.8 Å². The number of amides is 3. The predicted octanol–water partition coefficient (Wildman–Crippen LogP) is 3.52. The highest BCUT2D eigenvalue weighted by molar-refractivity contribution is 8.02. The molecule has 6 rings (SSSR count). The molecule has 2 aromatic rings. The lowest BCUT2D eigenvalue weighted by atomic mass is 9.78. The van der Waals surface area contributed by atoms with E-state index in [-0.39, 0.29) is 29.6 Å². The Labute approximate surface area is 230 Å². The summed E-state index contributed by atoms with van der Waals surface area (Å²) in [6.07, 6.45) is 7.87. The molecule has 2 aromatic carbocycles. The van der Waals surface area contributed by atoms with Crippen molar-refractivity contribution in [3.63, 3.8) is 0 Å². The van der Waals surface area contributed by atoms with Crippen LogP contribution in [0.25, 0.3) is 0 Å². The van der Waals surface area contributed by atoms with E-state index in [0.717, 1.165) is 5.69 Å². The number of para-hydroxylation sites is 2. The molecule has 0 aliphatic carbocycles. The molecule has 4 heterocycles. The fraction of sp³-hybridized carbons (Fsp3) is 0.345. The maximum Gasteiger partial charge on any atom is 0.251 e. The van der Waals surface area contributed by atoms with Gasteiger partial charge in [-0.3, -0.25) is 14.4 Å². The molecular weight excluding hydrogens is 522 g/mol. The molecule has 1 N–H and O–H groups in total. The van der Waals surface area contributed by atoms with E-state index in [1.807, 2.05) is 60.7 Å². The van der Waals surface area contributed by atoms with Gasteiger partial charge in [0.15, 0.2) is 0 Å². The number of aliphatic hydroxyl groups is 1. The highest BCUT2D eigenvalue weighted by Crippen LogP contribution is 2.61. The van der Waals surface area contributed by atoms with Crippen LogP contribution in [0.3, 0.4) is 0 Å². The first-order valence-corrected chi connectivity index (χ1v) is 14.0. The van der Waals surface area contributed by atoms with Crippen LogP contribution in [0.4, 0.5) is 11.4 Å². The summed E-state index contributed by atoms with van der Waals surface area (Å²) in [5, 5.41) is 10.3. The second kappa shape index (κ2) is 9.59. The molecule has 0 saturated carbocycles. The number of anilines is 2. The average molecular weight is 550 g/mol. The minimum absolute atomic E-state index is 0.126. The lowest BCUT2D eigenvalue weighted by Gasteiger charge is -2.37. The van der Waals surface area contributed by atoms with Gasteiger partial charge in [0.1, 0.15) is 6.04 Å². The lowest BCUT2D eigenvalue weighted by molar-refractivity contribution is -0.141. The molecule has 6 atom stereocenters. The molecule has 38 heavy (non-hydrogen) atoms. The number of likely N-dealkylation sites (tertiary alicyclic amines) is 1. The topological polar surface area (TPSA) is 81.2 Å². The zero-order chi connectivity index (χ0) is 26.6. The fourth-order valence-electron chi connectivity index (χ4n) is 6.37. The molecule has 2 fully saturated rings. The predicted molar refractivity (Wildman–Crippen MR) is 149 cm³/mol. The summed E-state index contributed by atoms with van der Waals surface area (Å²) in [5.74, 6) is -2.05. The quantitative estimate of drug-likeness (QED) is 0.590. The van der Waals surface area contributed by atoms with Crippen LogP contribution in [0, 0.1) is 11.8 Å². The van der Waals surface area contributed by atoms with Crippen molar-refractivity contribution in [1.29, 1.82) is 0 Å². The Morgan fingerprint density at radius 3 is 2.42 bits per heavy atom. The zero-order valence-corrected chi connectivity index (χ0v) is 22.4. The van der Waals surface area contributed by atoms with Crippen LogP contribution in [0.1, 0.15) is 6.92 Å². The number of thioether (sulfide) groups is 1. The Balaban J connectivity index is 1.47. The summed E-state index contributed by atoms with van der Waals surface area (Å²) < 4.78 is -0.956. The van der Waals surface area contributed by atoms with Gasteiger partial charge in [-0.1, -0.05) is 66.2 Å². The van der Waals surface area contributed by atoms with Crippen LogP contribution >= 0.6 is 23.4 Å². The number of aliphatic hydroxyl groups excluding tert-OH is 1. The van der Waals surface area contributed by atoms with Crippen LogP contribution in [0.15, 0.2) is 78.9 Å². The van der Waals surface area contributed by atoms with Gasteiger partial charge in [-0.05, 0) is 31.2 Å². The molecule has 4 aliphatic heterocycles. The van der Waals surface area contributed by atoms with Gasteiger partial charge in [0.2, 0.25) is 11.8 Å². The van der Waals surface area contributed by atoms with Gasteiger partial charge in [0.25, 0.3) is 5.91 Å². The molecule has 2 saturated heterocycles. The zero-order valence-electron chi connectivity index (χ0n) is 20.8. The standard InChI is InChI=1S/C29H28ClN3O4S/c1-18(17-34)33-25-28(37)32(21-12-6-5-11-20(21)30)16-8-14-29(25)24(27(33)36)23-22(38-29)13-7-15-31(26(23)35)19-9-3-2-4-10-19/h2-14,18,22-25,34H,15-17H2,1H3/t18-,22-,23+,24+,25?,29+/m1/s1. The van der Waals surface area contributed by atoms with Crippen LogP contribution in [-0.2, 0) is 14.4 Å². The number of benzene rings is 2. The van der Waals surface area contributed by atoms with E-state index >= 15 is 0 Å². The smallest absolute Gasteiger partial charge is 0.251 e. The van der Waals surface area contributed by atoms with E-state index in [1.165, 1.54) is 16.7 Å². The van der Waals surface area contributed by atoms with Gasteiger partial charge >= 0.3 is 0 Å². The van der Waals surface area contributed by atoms with E-state index in [2.05, 4.69) is 0 Å². The fourth-order valence-corrected chi connectivity index (χ4v) is 8.60. The van der Waals surface area contributed by atoms with Crippen molar-refractivity contribution in [3.8, 4) is 0 Å². The van der Waals surface area contributed by atoms with Gasteiger partial charge in [0, 0.05) is 24.0 Å². The molecule has 1 spiro atoms. The molecule has 7 nitrogen and oxygen atoms in total. The van der Waals surface area contributed by atoms with Crippen LogP contribution in [0.2, 0.25) is 5.02 Å². The number of fused-ring (bicyclic) bond motifs is 2. The van der Waals surface area contributed by atoms with Crippen molar-refractivity contribution in [2.75, 3.05) is 29.5 Å². The number of hydrogen-bond donors (Lipinski definition) is 1. The number of nitrogens with zero attached hydrogens (tertiary/aromatic N) is 3. The van der Waals surface area contributed by atoms with Crippen LogP contribution in [0.5, 0.6) is 0 Å². The maximum atomic E-state index is 14.4. The Kier molecular flexibility index (Phi) is 6.37. The SMILES string of the molecule is C[C@H](CO)N1C(=O)[C@@H]2[C@H]3C(=O)N(c4ccccc4)CC=C[C@H]3S[C@@]23C=CCN(c2ccccc2Cl)C(=O)C13. The molecule has 0 aromatic heterocycles. The maximum absolute atomic E-state index is 14.4. The summed E-state index contributed by atoms with van der Waals surface area (Å²) in [5.41, 5.74) is 1.34. The number of carbonyl (C=O) groups is 3. The monoisotopic (exact) mass is 549 g/mol. The van der Waals surface area contributed by atoms with Crippen molar-refractivity contribution in [1.82, 2.24) is 4.90 Å². The minimum atomic E-state index is -0.956. The van der Waals surface area contributed by atoms with Crippen molar-refractivity contribution in [2.24, 2.45) is 11.8 Å². The second-order valence-corrected chi connectivity index (χ2v) is 12.0. The normalized spacial score (nSPS) is 31.1. The highest BCUT2D eigenvalue weighted by atomic mass is 35.5. The number of halogens is 1. The van der Waals surface area contributed by atoms with Gasteiger partial charge in [0.05, 0.1) is 39.9 Å². The minimum Gasteiger partial charge on any atom is -0.394 e. The van der Waals surface area contributed by atoms with Crippen LogP contribution in [-0.4, -0.2) is 69.5 Å². The third-order valence-corrected chi connectivity index (χ3v) is 10.1. The highest BCUT2D eigenvalue weighted by Gasteiger charge is 2.71. The molecule has 1 unspecified atom stereocenters. The molecule has 3 amide bonds. The van der Waals surface area contributed by atoms with Crippen LogP contribution < -0.4 is 9.80 Å². The summed E-state index contributed by atoms with van der Waals surface area (Å²) in [6.45, 7) is 2.15. The van der Waals surface area contributed by atoms with Gasteiger partial charge in [-0.25, -0.2) is 0 Å². The van der Waals surface area contributed by atoms with E-state index in [4.69, 9.17) is 11.6 Å². The Bertz CT molecular complexity index is 1350. The van der Waals surface area contributed by atoms with Crippen molar-refractivity contribution in [3.05, 3.63) is 83.9 Å². The Morgan fingerprint density at radius 2 is 1.68 bits per heavy atom. The number of carbonyl (C=O) groups excluding carboxylic acids is 3. The van der Waals surface area contributed by atoms with Gasteiger partial charge < -0.3 is 19.8 Å². The first-order valence-electron chi connectivity index (χ1n) is 12.8. The van der Waals surface area contributed by atoms with E-state index in [9.17, 15) is 19.5 Å². The van der Waals surface area contributed by atoms with Crippen molar-refractivity contribution >= 4 is 52.5 Å². The molecule has 9 heteroatoms. The van der Waals surface area contributed by atoms with Gasteiger partial charge in [-0.2, -0.15) is 0 Å². The first-order chi connectivity index (χ1) is 18.4. The van der Waals surface area contributed by atoms with E-state index < -0.39 is 28.7 Å². The van der Waals surface area contributed by atoms with Crippen molar-refractivity contribution < 1.29 is 19.5 Å². The molecular formula is C29H28ClN3O4S. The lowest BCUT2D eigenvalue weighted by Crippen LogP contribution is -2.56. The average Bonchev–Trinajstić information content (AvgIpc) is 3.25. The molecule has 4 aliphatic rings. The summed E-state index contributed by atoms with van der Waals surface area (Å²) in [4.78, 5) is 47.6.